The highest BCUT2D eigenvalue weighted by atomic mass is 79.9. The van der Waals surface area contributed by atoms with Gasteiger partial charge in [0.05, 0.1) is 5.92 Å². The Morgan fingerprint density at radius 2 is 1.90 bits per heavy atom. The average molecular weight is 452 g/mol. The summed E-state index contributed by atoms with van der Waals surface area (Å²) in [6, 6.07) is 18.2. The van der Waals surface area contributed by atoms with Gasteiger partial charge in [0.1, 0.15) is 0 Å². The first kappa shape index (κ1) is 18.6. The van der Waals surface area contributed by atoms with E-state index in [0.29, 0.717) is 24.2 Å². The van der Waals surface area contributed by atoms with Crippen LogP contribution in [0.4, 0.5) is 0 Å². The number of rotatable bonds is 4. The second kappa shape index (κ2) is 7.75. The van der Waals surface area contributed by atoms with Gasteiger partial charge in [0.25, 0.3) is 0 Å². The van der Waals surface area contributed by atoms with Crippen LogP contribution in [0.25, 0.3) is 11.4 Å². The van der Waals surface area contributed by atoms with Gasteiger partial charge in [0, 0.05) is 29.0 Å². The Labute approximate surface area is 178 Å². The van der Waals surface area contributed by atoms with E-state index in [1.807, 2.05) is 47.4 Å². The summed E-state index contributed by atoms with van der Waals surface area (Å²) in [5, 5.41) is 4.16. The van der Waals surface area contributed by atoms with E-state index in [9.17, 15) is 4.79 Å². The standard InChI is InChI=1S/C23H22BrN3O2/c24-18-10-8-16(9-11-18)21-25-22(29-26-21)17-7-4-12-27(14-17)23(28)20-13-19(20)15-5-2-1-3-6-15/h1-3,5-6,8-11,17,19-20H,4,7,12-14H2. The molecule has 2 fully saturated rings. The topological polar surface area (TPSA) is 59.2 Å². The van der Waals surface area contributed by atoms with Crippen molar-refractivity contribution in [3.05, 3.63) is 70.5 Å². The monoisotopic (exact) mass is 451 g/mol. The number of hydrogen-bond donors (Lipinski definition) is 0. The number of hydrogen-bond acceptors (Lipinski definition) is 4. The predicted molar refractivity (Wildman–Crippen MR) is 113 cm³/mol. The number of carbonyl (C=O) groups excluding carboxylic acids is 1. The number of aromatic nitrogens is 2. The summed E-state index contributed by atoms with van der Waals surface area (Å²) in [6.45, 7) is 1.49. The number of carbonyl (C=O) groups is 1. The number of amides is 1. The molecule has 0 bridgehead atoms. The zero-order valence-corrected chi connectivity index (χ0v) is 17.6. The lowest BCUT2D eigenvalue weighted by atomic mass is 9.97. The van der Waals surface area contributed by atoms with Crippen molar-refractivity contribution in [2.45, 2.75) is 31.1 Å². The second-order valence-corrected chi connectivity index (χ2v) is 8.86. The Kier molecular flexibility index (Phi) is 4.96. The molecule has 2 heterocycles. The molecule has 0 radical (unpaired) electrons. The maximum atomic E-state index is 13.0. The number of piperidine rings is 1. The van der Waals surface area contributed by atoms with Crippen LogP contribution in [0.1, 0.15) is 42.6 Å². The lowest BCUT2D eigenvalue weighted by Gasteiger charge is -2.31. The van der Waals surface area contributed by atoms with E-state index < -0.39 is 0 Å². The number of likely N-dealkylation sites (tertiary alicyclic amines) is 1. The molecule has 2 aliphatic rings. The third-order valence-electron chi connectivity index (χ3n) is 5.96. The summed E-state index contributed by atoms with van der Waals surface area (Å²) in [7, 11) is 0. The SMILES string of the molecule is O=C(C1CC1c1ccccc1)N1CCCC(c2nc(-c3ccc(Br)cc3)no2)C1. The van der Waals surface area contributed by atoms with Gasteiger partial charge in [-0.2, -0.15) is 4.98 Å². The largest absolute Gasteiger partial charge is 0.342 e. The average Bonchev–Trinajstić information content (AvgIpc) is 3.42. The van der Waals surface area contributed by atoms with Crippen LogP contribution in [-0.2, 0) is 4.79 Å². The molecule has 0 spiro atoms. The smallest absolute Gasteiger partial charge is 0.231 e. The Morgan fingerprint density at radius 3 is 2.69 bits per heavy atom. The van der Waals surface area contributed by atoms with Gasteiger partial charge in [-0.15, -0.1) is 0 Å². The summed E-state index contributed by atoms with van der Waals surface area (Å²) in [6.07, 6.45) is 2.89. The maximum absolute atomic E-state index is 13.0. The van der Waals surface area contributed by atoms with Crippen LogP contribution in [0.5, 0.6) is 0 Å². The van der Waals surface area contributed by atoms with E-state index >= 15 is 0 Å². The van der Waals surface area contributed by atoms with E-state index in [1.165, 1.54) is 5.56 Å². The Hall–Kier alpha value is -2.47. The van der Waals surface area contributed by atoms with Crippen LogP contribution < -0.4 is 0 Å². The molecule has 3 unspecified atom stereocenters. The highest BCUT2D eigenvalue weighted by molar-refractivity contribution is 9.10. The molecule has 1 aliphatic heterocycles. The van der Waals surface area contributed by atoms with Crippen molar-refractivity contribution in [1.82, 2.24) is 15.0 Å². The zero-order valence-electron chi connectivity index (χ0n) is 16.0. The van der Waals surface area contributed by atoms with Crippen molar-refractivity contribution in [2.24, 2.45) is 5.92 Å². The van der Waals surface area contributed by atoms with E-state index in [-0.39, 0.29) is 17.7 Å². The van der Waals surface area contributed by atoms with Crippen molar-refractivity contribution >= 4 is 21.8 Å². The molecule has 5 rings (SSSR count). The molecular weight excluding hydrogens is 430 g/mol. The minimum Gasteiger partial charge on any atom is -0.342 e. The van der Waals surface area contributed by atoms with Crippen molar-refractivity contribution in [2.75, 3.05) is 13.1 Å². The van der Waals surface area contributed by atoms with Crippen LogP contribution in [0, 0.1) is 5.92 Å². The Bertz CT molecular complexity index is 1000. The molecule has 2 aromatic carbocycles. The molecule has 1 saturated heterocycles. The van der Waals surface area contributed by atoms with Crippen molar-refractivity contribution in [3.63, 3.8) is 0 Å². The quantitative estimate of drug-likeness (QED) is 0.559. The maximum Gasteiger partial charge on any atom is 0.231 e. The zero-order chi connectivity index (χ0) is 19.8. The first-order valence-corrected chi connectivity index (χ1v) is 10.9. The highest BCUT2D eigenvalue weighted by Gasteiger charge is 2.46. The highest BCUT2D eigenvalue weighted by Crippen LogP contribution is 2.48. The molecule has 148 valence electrons. The minimum atomic E-state index is 0.110. The van der Waals surface area contributed by atoms with Crippen LogP contribution >= 0.6 is 15.9 Å². The Balaban J connectivity index is 1.25. The lowest BCUT2D eigenvalue weighted by molar-refractivity contribution is -0.134. The van der Waals surface area contributed by atoms with Gasteiger partial charge >= 0.3 is 0 Å². The second-order valence-electron chi connectivity index (χ2n) is 7.95. The van der Waals surface area contributed by atoms with Gasteiger partial charge in [0.2, 0.25) is 17.6 Å². The van der Waals surface area contributed by atoms with Crippen molar-refractivity contribution < 1.29 is 9.32 Å². The summed E-state index contributed by atoms with van der Waals surface area (Å²) < 4.78 is 6.59. The number of halogens is 1. The summed E-state index contributed by atoms with van der Waals surface area (Å²) in [4.78, 5) is 19.7. The molecule has 1 aliphatic carbocycles. The predicted octanol–water partition coefficient (Wildman–Crippen LogP) is 5.01. The molecule has 3 aromatic rings. The minimum absolute atomic E-state index is 0.110. The van der Waals surface area contributed by atoms with E-state index in [2.05, 4.69) is 38.2 Å². The van der Waals surface area contributed by atoms with Gasteiger partial charge in [-0.05, 0) is 55.0 Å². The van der Waals surface area contributed by atoms with Crippen LogP contribution in [0.2, 0.25) is 0 Å². The van der Waals surface area contributed by atoms with Crippen LogP contribution in [0.15, 0.2) is 63.6 Å². The summed E-state index contributed by atoms with van der Waals surface area (Å²) >= 11 is 3.44. The molecule has 3 atom stereocenters. The normalized spacial score (nSPS) is 23.8. The molecule has 0 N–H and O–H groups in total. The van der Waals surface area contributed by atoms with E-state index in [0.717, 1.165) is 35.8 Å². The molecule has 5 nitrogen and oxygen atoms in total. The first-order valence-electron chi connectivity index (χ1n) is 10.1. The van der Waals surface area contributed by atoms with Gasteiger partial charge in [-0.1, -0.05) is 51.4 Å². The lowest BCUT2D eigenvalue weighted by Crippen LogP contribution is -2.40. The first-order chi connectivity index (χ1) is 14.2. The molecule has 1 saturated carbocycles. The summed E-state index contributed by atoms with van der Waals surface area (Å²) in [5.41, 5.74) is 2.20. The van der Waals surface area contributed by atoms with Crippen LogP contribution in [-0.4, -0.2) is 34.0 Å². The van der Waals surface area contributed by atoms with Gasteiger partial charge in [0.15, 0.2) is 0 Å². The fourth-order valence-corrected chi connectivity index (χ4v) is 4.53. The van der Waals surface area contributed by atoms with Crippen LogP contribution in [0.3, 0.4) is 0 Å². The molecular formula is C23H22BrN3O2. The number of benzene rings is 2. The van der Waals surface area contributed by atoms with E-state index in [1.54, 1.807) is 0 Å². The molecule has 1 aromatic heterocycles. The third-order valence-corrected chi connectivity index (χ3v) is 6.49. The molecule has 29 heavy (non-hydrogen) atoms. The molecule has 1 amide bonds. The van der Waals surface area contributed by atoms with Gasteiger partial charge in [-0.3, -0.25) is 4.79 Å². The molecule has 6 heteroatoms. The van der Waals surface area contributed by atoms with Gasteiger partial charge < -0.3 is 9.42 Å². The van der Waals surface area contributed by atoms with Crippen molar-refractivity contribution in [1.29, 1.82) is 0 Å². The fraction of sp³-hybridized carbons (Fsp3) is 0.348. The van der Waals surface area contributed by atoms with Crippen molar-refractivity contribution in [3.8, 4) is 11.4 Å². The Morgan fingerprint density at radius 1 is 1.10 bits per heavy atom. The third kappa shape index (κ3) is 3.86. The summed E-state index contributed by atoms with van der Waals surface area (Å²) in [5.74, 6) is 2.11. The fourth-order valence-electron chi connectivity index (χ4n) is 4.27. The number of nitrogens with zero attached hydrogens (tertiary/aromatic N) is 3. The van der Waals surface area contributed by atoms with Gasteiger partial charge in [-0.25, -0.2) is 0 Å². The van der Waals surface area contributed by atoms with E-state index in [4.69, 9.17) is 4.52 Å².